The van der Waals surface area contributed by atoms with E-state index in [0.717, 1.165) is 0 Å². The van der Waals surface area contributed by atoms with Crippen molar-refractivity contribution in [1.29, 1.82) is 0 Å². The van der Waals surface area contributed by atoms with Crippen LogP contribution in [-0.4, -0.2) is 17.8 Å². The van der Waals surface area contributed by atoms with E-state index in [4.69, 9.17) is 4.52 Å². The van der Waals surface area contributed by atoms with Crippen LogP contribution < -0.4 is 0 Å². The zero-order chi connectivity index (χ0) is 7.49. The maximum Gasteiger partial charge on any atom is 0.210 e. The van der Waals surface area contributed by atoms with Crippen molar-refractivity contribution < 1.29 is 9.09 Å². The number of hydrogen-bond acceptors (Lipinski definition) is 2. The van der Waals surface area contributed by atoms with Crippen molar-refractivity contribution in [2.75, 3.05) is 11.7 Å². The lowest BCUT2D eigenvalue weighted by Gasteiger charge is -2.12. The van der Waals surface area contributed by atoms with Crippen LogP contribution in [0.15, 0.2) is 0 Å². The Labute approximate surface area is 64.6 Å². The van der Waals surface area contributed by atoms with Gasteiger partial charge in [0.2, 0.25) is 7.37 Å². The average molecular weight is 215 g/mol. The van der Waals surface area contributed by atoms with Crippen LogP contribution in [0.25, 0.3) is 0 Å². The lowest BCUT2D eigenvalue weighted by Crippen LogP contribution is -1.99. The van der Waals surface area contributed by atoms with Crippen LogP contribution in [0.4, 0.5) is 0 Å². The van der Waals surface area contributed by atoms with Crippen LogP contribution in [0.5, 0.6) is 0 Å². The van der Waals surface area contributed by atoms with E-state index in [1.165, 1.54) is 0 Å². The molecule has 2 nitrogen and oxygen atoms in total. The Hall–Kier alpha value is 0.670. The number of halogens is 1. The molecule has 0 aliphatic heterocycles. The average Bonchev–Trinajstić information content (AvgIpc) is 1.63. The fraction of sp³-hybridized carbons (Fsp3) is 1.00. The lowest BCUT2D eigenvalue weighted by molar-refractivity contribution is 0.248. The van der Waals surface area contributed by atoms with E-state index in [1.54, 1.807) is 6.66 Å². The minimum atomic E-state index is -2.31. The normalized spacial score (nSPS) is 17.9. The molecule has 0 aromatic rings. The van der Waals surface area contributed by atoms with Gasteiger partial charge in [0.15, 0.2) is 0 Å². The molecule has 1 unspecified atom stereocenters. The van der Waals surface area contributed by atoms with Crippen LogP contribution in [-0.2, 0) is 9.09 Å². The monoisotopic (exact) mass is 214 g/mol. The molecule has 1 atom stereocenters. The Bertz CT molecular complexity index is 124. The first-order valence-corrected chi connectivity index (χ1v) is 6.16. The Balaban J connectivity index is 3.73. The number of rotatable bonds is 3. The van der Waals surface area contributed by atoms with Crippen LogP contribution in [0.1, 0.15) is 13.8 Å². The summed E-state index contributed by atoms with van der Waals surface area (Å²) in [6, 6.07) is 0. The van der Waals surface area contributed by atoms with Gasteiger partial charge in [-0.1, -0.05) is 15.9 Å². The molecule has 0 amide bonds. The molecule has 0 saturated carbocycles. The summed E-state index contributed by atoms with van der Waals surface area (Å²) < 4.78 is 16.2. The topological polar surface area (TPSA) is 26.3 Å². The van der Waals surface area contributed by atoms with Crippen molar-refractivity contribution in [3.63, 3.8) is 0 Å². The van der Waals surface area contributed by atoms with Gasteiger partial charge in [0.05, 0.1) is 11.2 Å². The first-order valence-electron chi connectivity index (χ1n) is 2.79. The molecule has 0 spiro atoms. The number of hydrogen-bond donors (Lipinski definition) is 0. The van der Waals surface area contributed by atoms with E-state index in [-0.39, 0.29) is 6.10 Å². The minimum absolute atomic E-state index is 0.0541. The van der Waals surface area contributed by atoms with Gasteiger partial charge in [-0.25, -0.2) is 0 Å². The van der Waals surface area contributed by atoms with Gasteiger partial charge in [0, 0.05) is 6.66 Å². The molecule has 0 rings (SSSR count). The zero-order valence-electron chi connectivity index (χ0n) is 5.93. The van der Waals surface area contributed by atoms with E-state index in [2.05, 4.69) is 15.9 Å². The van der Waals surface area contributed by atoms with Crippen LogP contribution in [0.2, 0.25) is 0 Å². The van der Waals surface area contributed by atoms with Gasteiger partial charge in [-0.15, -0.1) is 0 Å². The molecule has 9 heavy (non-hydrogen) atoms. The fourth-order valence-electron chi connectivity index (χ4n) is 0.474. The van der Waals surface area contributed by atoms with Gasteiger partial charge in [0.25, 0.3) is 0 Å². The van der Waals surface area contributed by atoms with Gasteiger partial charge >= 0.3 is 0 Å². The van der Waals surface area contributed by atoms with E-state index in [9.17, 15) is 4.57 Å². The maximum absolute atomic E-state index is 11.1. The highest BCUT2D eigenvalue weighted by molar-refractivity contribution is 9.10. The molecule has 0 radical (unpaired) electrons. The highest BCUT2D eigenvalue weighted by Crippen LogP contribution is 2.45. The fourth-order valence-corrected chi connectivity index (χ4v) is 1.78. The van der Waals surface area contributed by atoms with Crippen molar-refractivity contribution >= 4 is 23.3 Å². The largest absolute Gasteiger partial charge is 0.325 e. The molecule has 0 heterocycles. The molecule has 0 aromatic carbocycles. The van der Waals surface area contributed by atoms with Crippen LogP contribution in [0.3, 0.4) is 0 Å². The molecule has 0 aliphatic carbocycles. The predicted molar refractivity (Wildman–Crippen MR) is 43.5 cm³/mol. The van der Waals surface area contributed by atoms with E-state index < -0.39 is 7.37 Å². The summed E-state index contributed by atoms with van der Waals surface area (Å²) in [6.07, 6.45) is 0.0541. The summed E-state index contributed by atoms with van der Waals surface area (Å²) in [4.78, 5) is 0. The third-order valence-corrected chi connectivity index (χ3v) is 4.69. The van der Waals surface area contributed by atoms with Gasteiger partial charge < -0.3 is 4.52 Å². The third-order valence-electron chi connectivity index (χ3n) is 0.651. The second-order valence-electron chi connectivity index (χ2n) is 2.29. The number of alkyl halides is 1. The first kappa shape index (κ1) is 9.67. The molecule has 0 bridgehead atoms. The third kappa shape index (κ3) is 5.13. The molecule has 0 saturated heterocycles. The lowest BCUT2D eigenvalue weighted by atomic mass is 10.5. The Morgan fingerprint density at radius 3 is 2.22 bits per heavy atom. The summed E-state index contributed by atoms with van der Waals surface area (Å²) in [5.74, 6) is 0. The van der Waals surface area contributed by atoms with Crippen molar-refractivity contribution in [2.24, 2.45) is 0 Å². The Kier molecular flexibility index (Phi) is 4.02. The Morgan fingerprint density at radius 1 is 1.67 bits per heavy atom. The van der Waals surface area contributed by atoms with Crippen molar-refractivity contribution in [1.82, 2.24) is 0 Å². The molecule has 4 heteroatoms. The molecule has 56 valence electrons. The summed E-state index contributed by atoms with van der Waals surface area (Å²) >= 11 is 3.11. The molecular formula is C5H12BrO2P. The second kappa shape index (κ2) is 3.75. The van der Waals surface area contributed by atoms with Crippen molar-refractivity contribution in [3.8, 4) is 0 Å². The molecule has 0 aliphatic rings. The second-order valence-corrected chi connectivity index (χ2v) is 6.27. The maximum atomic E-state index is 11.1. The molecule has 0 aromatic heterocycles. The van der Waals surface area contributed by atoms with E-state index in [0.29, 0.717) is 5.07 Å². The quantitative estimate of drug-likeness (QED) is 0.534. The highest BCUT2D eigenvalue weighted by atomic mass is 79.9. The standard InChI is InChI=1S/C5H12BrO2P/c1-5(2)8-9(3,7)4-6/h5H,4H2,1-3H3. The summed E-state index contributed by atoms with van der Waals surface area (Å²) in [5.41, 5.74) is 0. The minimum Gasteiger partial charge on any atom is -0.325 e. The molecule has 0 fully saturated rings. The van der Waals surface area contributed by atoms with E-state index in [1.807, 2.05) is 13.8 Å². The van der Waals surface area contributed by atoms with Crippen LogP contribution >= 0.6 is 23.3 Å². The summed E-state index contributed by atoms with van der Waals surface area (Å²) in [7, 11) is -2.31. The van der Waals surface area contributed by atoms with Gasteiger partial charge in [-0.2, -0.15) is 0 Å². The Morgan fingerprint density at radius 2 is 2.11 bits per heavy atom. The van der Waals surface area contributed by atoms with Crippen LogP contribution in [0, 0.1) is 0 Å². The summed E-state index contributed by atoms with van der Waals surface area (Å²) in [6.45, 7) is 5.37. The molecule has 0 N–H and O–H groups in total. The van der Waals surface area contributed by atoms with Gasteiger partial charge in [0.1, 0.15) is 0 Å². The molecular weight excluding hydrogens is 203 g/mol. The summed E-state index contributed by atoms with van der Waals surface area (Å²) in [5, 5.41) is 0.443. The highest BCUT2D eigenvalue weighted by Gasteiger charge is 2.14. The van der Waals surface area contributed by atoms with Crippen molar-refractivity contribution in [3.05, 3.63) is 0 Å². The van der Waals surface area contributed by atoms with Gasteiger partial charge in [-0.3, -0.25) is 4.57 Å². The van der Waals surface area contributed by atoms with E-state index >= 15 is 0 Å². The van der Waals surface area contributed by atoms with Gasteiger partial charge in [-0.05, 0) is 13.8 Å². The smallest absolute Gasteiger partial charge is 0.210 e. The predicted octanol–water partition coefficient (Wildman–Crippen LogP) is 2.67. The zero-order valence-corrected chi connectivity index (χ0v) is 8.41. The van der Waals surface area contributed by atoms with Crippen molar-refractivity contribution in [2.45, 2.75) is 20.0 Å². The SMILES string of the molecule is CC(C)OP(C)(=O)CBr. The first-order chi connectivity index (χ1) is 3.98.